The molecule has 1 fully saturated rings. The van der Waals surface area contributed by atoms with Crippen molar-refractivity contribution in [2.24, 2.45) is 7.05 Å². The van der Waals surface area contributed by atoms with E-state index in [0.717, 1.165) is 17.9 Å². The van der Waals surface area contributed by atoms with Crippen LogP contribution in [0.2, 0.25) is 0 Å². The Bertz CT molecular complexity index is 350. The molecule has 1 aromatic heterocycles. The van der Waals surface area contributed by atoms with E-state index in [0.29, 0.717) is 12.1 Å². The second-order valence-electron chi connectivity index (χ2n) is 5.37. The van der Waals surface area contributed by atoms with Crippen molar-refractivity contribution in [3.8, 4) is 0 Å². The highest BCUT2D eigenvalue weighted by Gasteiger charge is 2.25. The molecule has 1 saturated heterocycles. The van der Waals surface area contributed by atoms with Crippen LogP contribution in [0.25, 0.3) is 0 Å². The summed E-state index contributed by atoms with van der Waals surface area (Å²) < 4.78 is 1.76. The SMILES string of the molecule is CC(C)N1CCCCC1Cc1cc(N)n(C)n1. The van der Waals surface area contributed by atoms with Crippen LogP contribution in [0.4, 0.5) is 5.82 Å². The van der Waals surface area contributed by atoms with Gasteiger partial charge in [0.2, 0.25) is 0 Å². The number of piperidine rings is 1. The summed E-state index contributed by atoms with van der Waals surface area (Å²) in [6.45, 7) is 5.79. The average molecular weight is 236 g/mol. The molecule has 1 aliphatic heterocycles. The Morgan fingerprint density at radius 2 is 2.24 bits per heavy atom. The van der Waals surface area contributed by atoms with Gasteiger partial charge in [0.1, 0.15) is 5.82 Å². The van der Waals surface area contributed by atoms with E-state index in [2.05, 4.69) is 23.8 Å². The Labute approximate surface area is 104 Å². The van der Waals surface area contributed by atoms with Gasteiger partial charge >= 0.3 is 0 Å². The lowest BCUT2D eigenvalue weighted by molar-refractivity contribution is 0.111. The summed E-state index contributed by atoms with van der Waals surface area (Å²) in [6.07, 6.45) is 4.99. The van der Waals surface area contributed by atoms with Crippen molar-refractivity contribution in [3.05, 3.63) is 11.8 Å². The van der Waals surface area contributed by atoms with E-state index in [4.69, 9.17) is 5.73 Å². The van der Waals surface area contributed by atoms with Crippen molar-refractivity contribution in [2.45, 2.75) is 51.6 Å². The van der Waals surface area contributed by atoms with Crippen LogP contribution in [-0.2, 0) is 13.5 Å². The number of rotatable bonds is 3. The van der Waals surface area contributed by atoms with Gasteiger partial charge in [0.25, 0.3) is 0 Å². The van der Waals surface area contributed by atoms with E-state index < -0.39 is 0 Å². The Morgan fingerprint density at radius 1 is 1.47 bits per heavy atom. The van der Waals surface area contributed by atoms with Crippen molar-refractivity contribution in [1.82, 2.24) is 14.7 Å². The summed E-state index contributed by atoms with van der Waals surface area (Å²) in [5.41, 5.74) is 6.95. The molecule has 0 radical (unpaired) electrons. The summed E-state index contributed by atoms with van der Waals surface area (Å²) in [4.78, 5) is 2.61. The minimum atomic E-state index is 0.626. The van der Waals surface area contributed by atoms with Gasteiger partial charge < -0.3 is 5.73 Å². The molecule has 4 nitrogen and oxygen atoms in total. The fraction of sp³-hybridized carbons (Fsp3) is 0.769. The van der Waals surface area contributed by atoms with Crippen LogP contribution in [0.5, 0.6) is 0 Å². The zero-order valence-corrected chi connectivity index (χ0v) is 11.2. The highest BCUT2D eigenvalue weighted by atomic mass is 15.3. The molecule has 0 amide bonds. The van der Waals surface area contributed by atoms with Crippen molar-refractivity contribution >= 4 is 5.82 Å². The summed E-state index contributed by atoms with van der Waals surface area (Å²) in [5.74, 6) is 0.756. The van der Waals surface area contributed by atoms with E-state index in [1.807, 2.05) is 13.1 Å². The minimum Gasteiger partial charge on any atom is -0.384 e. The van der Waals surface area contributed by atoms with Gasteiger partial charge in [-0.25, -0.2) is 0 Å². The standard InChI is InChI=1S/C13H24N4/c1-10(2)17-7-5-4-6-12(17)8-11-9-13(14)16(3)15-11/h9-10,12H,4-8,14H2,1-3H3. The zero-order valence-electron chi connectivity index (χ0n) is 11.2. The van der Waals surface area contributed by atoms with E-state index in [9.17, 15) is 0 Å². The van der Waals surface area contributed by atoms with Crippen molar-refractivity contribution < 1.29 is 0 Å². The number of hydrogen-bond acceptors (Lipinski definition) is 3. The third-order valence-corrected chi connectivity index (χ3v) is 3.75. The molecule has 96 valence electrons. The largest absolute Gasteiger partial charge is 0.384 e. The van der Waals surface area contributed by atoms with Gasteiger partial charge in [0, 0.05) is 31.6 Å². The predicted molar refractivity (Wildman–Crippen MR) is 70.8 cm³/mol. The molecule has 17 heavy (non-hydrogen) atoms. The number of nitrogens with two attached hydrogens (primary N) is 1. The summed E-state index contributed by atoms with van der Waals surface area (Å²) >= 11 is 0. The zero-order chi connectivity index (χ0) is 12.4. The number of nitrogens with zero attached hydrogens (tertiary/aromatic N) is 3. The maximum absolute atomic E-state index is 5.83. The number of aryl methyl sites for hydroxylation is 1. The molecule has 0 bridgehead atoms. The van der Waals surface area contributed by atoms with Crippen LogP contribution < -0.4 is 5.73 Å². The van der Waals surface area contributed by atoms with E-state index in [1.165, 1.54) is 25.8 Å². The Hall–Kier alpha value is -1.03. The molecule has 1 unspecified atom stereocenters. The lowest BCUT2D eigenvalue weighted by atomic mass is 9.96. The Kier molecular flexibility index (Phi) is 3.72. The number of hydrogen-bond donors (Lipinski definition) is 1. The van der Waals surface area contributed by atoms with Gasteiger partial charge in [-0.1, -0.05) is 6.42 Å². The summed E-state index contributed by atoms with van der Waals surface area (Å²) in [6, 6.07) is 3.27. The van der Waals surface area contributed by atoms with Gasteiger partial charge in [0.15, 0.2) is 0 Å². The molecule has 1 aliphatic rings. The lowest BCUT2D eigenvalue weighted by Gasteiger charge is -2.38. The second kappa shape index (κ2) is 5.08. The molecule has 1 atom stereocenters. The maximum Gasteiger partial charge on any atom is 0.121 e. The molecule has 0 saturated carbocycles. The fourth-order valence-electron chi connectivity index (χ4n) is 2.81. The first-order valence-electron chi connectivity index (χ1n) is 6.62. The lowest BCUT2D eigenvalue weighted by Crippen LogP contribution is -2.45. The maximum atomic E-state index is 5.83. The summed E-state index contributed by atoms with van der Waals surface area (Å²) in [5, 5.41) is 4.46. The first-order chi connectivity index (χ1) is 8.08. The predicted octanol–water partition coefficient (Wildman–Crippen LogP) is 1.81. The van der Waals surface area contributed by atoms with E-state index in [1.54, 1.807) is 4.68 Å². The molecule has 0 spiro atoms. The smallest absolute Gasteiger partial charge is 0.121 e. The van der Waals surface area contributed by atoms with E-state index >= 15 is 0 Å². The summed E-state index contributed by atoms with van der Waals surface area (Å²) in [7, 11) is 1.90. The fourth-order valence-corrected chi connectivity index (χ4v) is 2.81. The average Bonchev–Trinajstić information content (AvgIpc) is 2.58. The second-order valence-corrected chi connectivity index (χ2v) is 5.37. The van der Waals surface area contributed by atoms with Gasteiger partial charge in [-0.3, -0.25) is 9.58 Å². The first-order valence-corrected chi connectivity index (χ1v) is 6.62. The highest BCUT2D eigenvalue weighted by Crippen LogP contribution is 2.22. The molecular weight excluding hydrogens is 212 g/mol. The third-order valence-electron chi connectivity index (χ3n) is 3.75. The van der Waals surface area contributed by atoms with Crippen LogP contribution in [0.15, 0.2) is 6.07 Å². The first kappa shape index (κ1) is 12.4. The number of nitrogen functional groups attached to an aromatic ring is 1. The van der Waals surface area contributed by atoms with Crippen LogP contribution in [0.3, 0.4) is 0 Å². The van der Waals surface area contributed by atoms with E-state index in [-0.39, 0.29) is 0 Å². The van der Waals surface area contributed by atoms with Crippen LogP contribution in [0.1, 0.15) is 38.8 Å². The van der Waals surface area contributed by atoms with Crippen LogP contribution >= 0.6 is 0 Å². The third kappa shape index (κ3) is 2.80. The number of anilines is 1. The van der Waals surface area contributed by atoms with Gasteiger partial charge in [-0.15, -0.1) is 0 Å². The van der Waals surface area contributed by atoms with Gasteiger partial charge in [-0.2, -0.15) is 5.10 Å². The Balaban J connectivity index is 2.05. The van der Waals surface area contributed by atoms with Crippen LogP contribution in [-0.4, -0.2) is 33.3 Å². The molecular formula is C13H24N4. The molecule has 2 rings (SSSR count). The highest BCUT2D eigenvalue weighted by molar-refractivity contribution is 5.30. The Morgan fingerprint density at radius 3 is 2.82 bits per heavy atom. The van der Waals surface area contributed by atoms with Crippen molar-refractivity contribution in [1.29, 1.82) is 0 Å². The van der Waals surface area contributed by atoms with Crippen molar-refractivity contribution in [3.63, 3.8) is 0 Å². The quantitative estimate of drug-likeness (QED) is 0.870. The molecule has 2 N–H and O–H groups in total. The van der Waals surface area contributed by atoms with Gasteiger partial charge in [-0.05, 0) is 33.2 Å². The van der Waals surface area contributed by atoms with Crippen molar-refractivity contribution in [2.75, 3.05) is 12.3 Å². The molecule has 2 heterocycles. The van der Waals surface area contributed by atoms with Crippen LogP contribution in [0, 0.1) is 0 Å². The molecule has 0 aliphatic carbocycles. The van der Waals surface area contributed by atoms with Gasteiger partial charge in [0.05, 0.1) is 5.69 Å². The normalized spacial score (nSPS) is 22.2. The number of likely N-dealkylation sites (tertiary alicyclic amines) is 1. The topological polar surface area (TPSA) is 47.1 Å². The monoisotopic (exact) mass is 236 g/mol. The molecule has 4 heteroatoms. The molecule has 1 aromatic rings. The number of aromatic nitrogens is 2. The minimum absolute atomic E-state index is 0.626. The molecule has 0 aromatic carbocycles.